The molecule has 0 aliphatic rings. The van der Waals surface area contributed by atoms with E-state index in [0.717, 1.165) is 17.0 Å². The molecule has 0 aromatic heterocycles. The first-order valence-electron chi connectivity index (χ1n) is 9.24. The molecule has 3 aromatic rings. The minimum Gasteiger partial charge on any atom is -0.492 e. The summed E-state index contributed by atoms with van der Waals surface area (Å²) in [6.45, 7) is 0.894. The molecule has 0 saturated heterocycles. The van der Waals surface area contributed by atoms with Crippen molar-refractivity contribution >= 4 is 34.8 Å². The first-order chi connectivity index (χ1) is 14.1. The van der Waals surface area contributed by atoms with Crippen molar-refractivity contribution in [2.45, 2.75) is 19.4 Å². The summed E-state index contributed by atoms with van der Waals surface area (Å²) in [5.41, 5.74) is 1.83. The quantitative estimate of drug-likeness (QED) is 0.401. The van der Waals surface area contributed by atoms with Crippen LogP contribution in [0.5, 0.6) is 11.5 Å². The molecule has 0 radical (unpaired) electrons. The average Bonchev–Trinajstić information content (AvgIpc) is 2.73. The summed E-state index contributed by atoms with van der Waals surface area (Å²) >= 11 is 11.9. The molecule has 0 atom stereocenters. The van der Waals surface area contributed by atoms with E-state index in [4.69, 9.17) is 32.7 Å². The maximum Gasteiger partial charge on any atom is 0.224 e. The summed E-state index contributed by atoms with van der Waals surface area (Å²) < 4.78 is 11.3. The van der Waals surface area contributed by atoms with Gasteiger partial charge < -0.3 is 14.8 Å². The van der Waals surface area contributed by atoms with Crippen molar-refractivity contribution in [3.8, 4) is 11.5 Å². The van der Waals surface area contributed by atoms with Crippen LogP contribution >= 0.6 is 23.2 Å². The second-order valence-electron chi connectivity index (χ2n) is 6.37. The van der Waals surface area contributed by atoms with Crippen LogP contribution in [-0.2, 0) is 11.4 Å². The molecule has 150 valence electrons. The van der Waals surface area contributed by atoms with Crippen LogP contribution in [0.4, 0.5) is 5.69 Å². The highest BCUT2D eigenvalue weighted by atomic mass is 35.5. The first-order valence-corrected chi connectivity index (χ1v) is 10.0. The van der Waals surface area contributed by atoms with Crippen LogP contribution in [0.25, 0.3) is 0 Å². The van der Waals surface area contributed by atoms with E-state index in [9.17, 15) is 4.79 Å². The zero-order chi connectivity index (χ0) is 20.5. The summed E-state index contributed by atoms with van der Waals surface area (Å²) in [6.07, 6.45) is 0.917. The molecule has 0 aliphatic heterocycles. The van der Waals surface area contributed by atoms with Gasteiger partial charge in [0.05, 0.1) is 11.6 Å². The molecule has 0 fully saturated rings. The number of nitrogens with one attached hydrogen (secondary N) is 1. The first kappa shape index (κ1) is 21.0. The number of ether oxygens (including phenoxy) is 2. The Balaban J connectivity index is 1.37. The van der Waals surface area contributed by atoms with Crippen LogP contribution < -0.4 is 14.8 Å². The zero-order valence-corrected chi connectivity index (χ0v) is 17.2. The van der Waals surface area contributed by atoms with Gasteiger partial charge in [-0.2, -0.15) is 0 Å². The van der Waals surface area contributed by atoms with Gasteiger partial charge in [-0.3, -0.25) is 4.79 Å². The Bertz CT molecular complexity index is 931. The topological polar surface area (TPSA) is 47.6 Å². The Kier molecular flexibility index (Phi) is 7.79. The van der Waals surface area contributed by atoms with Gasteiger partial charge in [-0.15, -0.1) is 0 Å². The van der Waals surface area contributed by atoms with E-state index >= 15 is 0 Å². The minimum absolute atomic E-state index is 0.0752. The van der Waals surface area contributed by atoms with Gasteiger partial charge in [0.25, 0.3) is 0 Å². The number of carbonyl (C=O) groups excluding carboxylic acids is 1. The molecule has 3 rings (SSSR count). The van der Waals surface area contributed by atoms with Gasteiger partial charge in [0, 0.05) is 17.1 Å². The summed E-state index contributed by atoms with van der Waals surface area (Å²) in [5.74, 6) is 1.23. The van der Waals surface area contributed by atoms with Crippen molar-refractivity contribution in [2.24, 2.45) is 0 Å². The average molecular weight is 430 g/mol. The Morgan fingerprint density at radius 3 is 2.38 bits per heavy atom. The molecule has 1 N–H and O–H groups in total. The van der Waals surface area contributed by atoms with E-state index in [1.807, 2.05) is 54.6 Å². The second-order valence-corrected chi connectivity index (χ2v) is 7.22. The lowest BCUT2D eigenvalue weighted by Gasteiger charge is -2.10. The van der Waals surface area contributed by atoms with Crippen LogP contribution in [0.2, 0.25) is 10.0 Å². The number of carbonyl (C=O) groups is 1. The molecule has 3 aromatic carbocycles. The fourth-order valence-corrected chi connectivity index (χ4v) is 3.07. The normalized spacial score (nSPS) is 10.4. The molecule has 4 nitrogen and oxygen atoms in total. The van der Waals surface area contributed by atoms with Gasteiger partial charge in [-0.05, 0) is 54.4 Å². The van der Waals surface area contributed by atoms with Gasteiger partial charge >= 0.3 is 0 Å². The Morgan fingerprint density at radius 1 is 0.897 bits per heavy atom. The van der Waals surface area contributed by atoms with Crippen molar-refractivity contribution in [2.75, 3.05) is 11.9 Å². The van der Waals surface area contributed by atoms with Crippen molar-refractivity contribution in [3.63, 3.8) is 0 Å². The third-order valence-corrected chi connectivity index (χ3v) is 4.62. The molecule has 0 spiro atoms. The van der Waals surface area contributed by atoms with Crippen molar-refractivity contribution in [1.29, 1.82) is 0 Å². The molecule has 0 saturated carbocycles. The Labute approximate surface area is 180 Å². The predicted molar refractivity (Wildman–Crippen MR) is 117 cm³/mol. The maximum absolute atomic E-state index is 12.1. The molecule has 29 heavy (non-hydrogen) atoms. The van der Waals surface area contributed by atoms with E-state index in [1.54, 1.807) is 18.2 Å². The maximum atomic E-state index is 12.1. The van der Waals surface area contributed by atoms with Crippen LogP contribution in [0.1, 0.15) is 18.4 Å². The molecule has 0 aliphatic carbocycles. The summed E-state index contributed by atoms with van der Waals surface area (Å²) in [6, 6.07) is 22.3. The van der Waals surface area contributed by atoms with Crippen LogP contribution in [-0.4, -0.2) is 12.5 Å². The third kappa shape index (κ3) is 7.00. The van der Waals surface area contributed by atoms with E-state index < -0.39 is 0 Å². The SMILES string of the molecule is O=C(CCCOc1ccc(Cl)cc1Cl)Nc1ccc(OCc2ccccc2)cc1. The highest BCUT2D eigenvalue weighted by Gasteiger charge is 2.05. The molecule has 0 unspecified atom stereocenters. The van der Waals surface area contributed by atoms with Gasteiger partial charge in [0.1, 0.15) is 18.1 Å². The van der Waals surface area contributed by atoms with Crippen molar-refractivity contribution < 1.29 is 14.3 Å². The number of amides is 1. The summed E-state index contributed by atoms with van der Waals surface area (Å²) in [7, 11) is 0. The van der Waals surface area contributed by atoms with E-state index in [2.05, 4.69) is 5.32 Å². The Hall–Kier alpha value is -2.69. The van der Waals surface area contributed by atoms with Gasteiger partial charge in [-0.1, -0.05) is 53.5 Å². The van der Waals surface area contributed by atoms with Crippen LogP contribution in [0, 0.1) is 0 Å². The van der Waals surface area contributed by atoms with Crippen molar-refractivity contribution in [1.82, 2.24) is 0 Å². The molecular formula is C23H21Cl2NO3. The number of anilines is 1. The molecule has 0 heterocycles. The smallest absolute Gasteiger partial charge is 0.224 e. The summed E-state index contributed by atoms with van der Waals surface area (Å²) in [4.78, 5) is 12.1. The number of halogens is 2. The monoisotopic (exact) mass is 429 g/mol. The fourth-order valence-electron chi connectivity index (χ4n) is 2.61. The minimum atomic E-state index is -0.0752. The number of benzene rings is 3. The Morgan fingerprint density at radius 2 is 1.66 bits per heavy atom. The van der Waals surface area contributed by atoms with Gasteiger partial charge in [-0.25, -0.2) is 0 Å². The molecular weight excluding hydrogens is 409 g/mol. The molecule has 1 amide bonds. The third-order valence-electron chi connectivity index (χ3n) is 4.09. The van der Waals surface area contributed by atoms with Gasteiger partial charge in [0.2, 0.25) is 5.91 Å². The van der Waals surface area contributed by atoms with Crippen LogP contribution in [0.15, 0.2) is 72.8 Å². The standard InChI is InChI=1S/C23H21Cl2NO3/c24-18-8-13-22(21(25)15-18)28-14-4-7-23(27)26-19-9-11-20(12-10-19)29-16-17-5-2-1-3-6-17/h1-3,5-6,8-13,15H,4,7,14,16H2,(H,26,27). The van der Waals surface area contributed by atoms with Crippen molar-refractivity contribution in [3.05, 3.63) is 88.4 Å². The highest BCUT2D eigenvalue weighted by molar-refractivity contribution is 6.35. The molecule has 6 heteroatoms. The number of hydrogen-bond acceptors (Lipinski definition) is 3. The van der Waals surface area contributed by atoms with Gasteiger partial charge in [0.15, 0.2) is 0 Å². The second kappa shape index (κ2) is 10.7. The lowest BCUT2D eigenvalue weighted by Crippen LogP contribution is -2.12. The lowest BCUT2D eigenvalue weighted by molar-refractivity contribution is -0.116. The number of rotatable bonds is 9. The van der Waals surface area contributed by atoms with E-state index in [0.29, 0.717) is 41.9 Å². The molecule has 0 bridgehead atoms. The number of hydrogen-bond donors (Lipinski definition) is 1. The lowest BCUT2D eigenvalue weighted by atomic mass is 10.2. The van der Waals surface area contributed by atoms with Crippen LogP contribution in [0.3, 0.4) is 0 Å². The van der Waals surface area contributed by atoms with E-state index in [-0.39, 0.29) is 5.91 Å². The summed E-state index contributed by atoms with van der Waals surface area (Å²) in [5, 5.41) is 3.88. The fraction of sp³-hybridized carbons (Fsp3) is 0.174. The predicted octanol–water partition coefficient (Wildman–Crippen LogP) is 6.37. The zero-order valence-electron chi connectivity index (χ0n) is 15.7. The van der Waals surface area contributed by atoms with E-state index in [1.165, 1.54) is 0 Å². The highest BCUT2D eigenvalue weighted by Crippen LogP contribution is 2.27. The largest absolute Gasteiger partial charge is 0.492 e.